The van der Waals surface area contributed by atoms with Crippen molar-refractivity contribution in [2.24, 2.45) is 0 Å². The van der Waals surface area contributed by atoms with E-state index in [1.165, 1.54) is 12.1 Å². The van der Waals surface area contributed by atoms with Gasteiger partial charge >= 0.3 is 6.61 Å². The van der Waals surface area contributed by atoms with Crippen molar-refractivity contribution < 1.29 is 18.3 Å². The first-order valence-electron chi connectivity index (χ1n) is 7.24. The first-order chi connectivity index (χ1) is 10.1. The maximum absolute atomic E-state index is 12.2. The van der Waals surface area contributed by atoms with Crippen molar-refractivity contribution >= 4 is 5.91 Å². The summed E-state index contributed by atoms with van der Waals surface area (Å²) in [6.07, 6.45) is 4.22. The van der Waals surface area contributed by atoms with Gasteiger partial charge in [-0.15, -0.1) is 0 Å². The summed E-state index contributed by atoms with van der Waals surface area (Å²) in [4.78, 5) is 14.0. The van der Waals surface area contributed by atoms with Gasteiger partial charge in [0.25, 0.3) is 0 Å². The molecule has 21 heavy (non-hydrogen) atoms. The zero-order valence-corrected chi connectivity index (χ0v) is 11.6. The van der Waals surface area contributed by atoms with Crippen molar-refractivity contribution in [3.05, 3.63) is 29.8 Å². The minimum Gasteiger partial charge on any atom is -0.435 e. The zero-order chi connectivity index (χ0) is 14.8. The van der Waals surface area contributed by atoms with Crippen LogP contribution in [0.15, 0.2) is 24.3 Å². The summed E-state index contributed by atoms with van der Waals surface area (Å²) < 4.78 is 28.6. The molecule has 2 fully saturated rings. The Kier molecular flexibility index (Phi) is 4.05. The minimum absolute atomic E-state index is 0.111. The average Bonchev–Trinajstić information content (AvgIpc) is 3.08. The summed E-state index contributed by atoms with van der Waals surface area (Å²) in [6.45, 7) is -2.49. The van der Waals surface area contributed by atoms with Gasteiger partial charge in [0, 0.05) is 6.04 Å². The third-order valence-electron chi connectivity index (χ3n) is 4.15. The third kappa shape index (κ3) is 3.00. The summed E-state index contributed by atoms with van der Waals surface area (Å²) in [5, 5.41) is 3.20. The van der Waals surface area contributed by atoms with E-state index in [0.717, 1.165) is 31.2 Å². The Hall–Kier alpha value is -1.69. The van der Waals surface area contributed by atoms with E-state index in [2.05, 4.69) is 10.1 Å². The lowest BCUT2D eigenvalue weighted by atomic mass is 10.1. The fraction of sp³-hybridized carbons (Fsp3) is 0.533. The number of nitrogens with one attached hydrogen (secondary N) is 1. The molecule has 0 aromatic heterocycles. The number of nitrogens with zero attached hydrogens (tertiary/aromatic N) is 1. The molecule has 0 bridgehead atoms. The largest absolute Gasteiger partial charge is 0.435 e. The molecule has 1 atom stereocenters. The molecular weight excluding hydrogens is 278 g/mol. The topological polar surface area (TPSA) is 41.6 Å². The average molecular weight is 296 g/mol. The van der Waals surface area contributed by atoms with Crippen LogP contribution in [-0.4, -0.2) is 30.0 Å². The number of alkyl halides is 2. The number of ether oxygens (including phenoxy) is 1. The standard InChI is InChI=1S/C15H18F2N2O2/c16-15(17)21-12-7-5-10(6-8-12)14-18-9-13(20)19(14)11-3-1-2-4-11/h5-8,11,14-15,18H,1-4,9H2. The maximum atomic E-state index is 12.2. The molecule has 2 aliphatic rings. The summed E-state index contributed by atoms with van der Waals surface area (Å²) >= 11 is 0. The summed E-state index contributed by atoms with van der Waals surface area (Å²) in [6, 6.07) is 6.78. The van der Waals surface area contributed by atoms with Crippen molar-refractivity contribution in [3.63, 3.8) is 0 Å². The highest BCUT2D eigenvalue weighted by atomic mass is 19.3. The van der Waals surface area contributed by atoms with Gasteiger partial charge in [-0.1, -0.05) is 25.0 Å². The van der Waals surface area contributed by atoms with E-state index in [-0.39, 0.29) is 23.9 Å². The van der Waals surface area contributed by atoms with E-state index in [1.807, 2.05) is 4.90 Å². The SMILES string of the molecule is O=C1CNC(c2ccc(OC(F)F)cc2)N1C1CCCC1. The Labute approximate surface area is 122 Å². The molecule has 1 aromatic rings. The second-order valence-corrected chi connectivity index (χ2v) is 5.47. The molecule has 3 rings (SSSR count). The smallest absolute Gasteiger partial charge is 0.387 e. The Balaban J connectivity index is 1.76. The van der Waals surface area contributed by atoms with Gasteiger partial charge in [0.1, 0.15) is 11.9 Å². The lowest BCUT2D eigenvalue weighted by molar-refractivity contribution is -0.130. The Morgan fingerprint density at radius 2 is 1.86 bits per heavy atom. The highest BCUT2D eigenvalue weighted by Gasteiger charge is 2.37. The fourth-order valence-corrected chi connectivity index (χ4v) is 3.22. The second-order valence-electron chi connectivity index (χ2n) is 5.47. The molecule has 1 aliphatic carbocycles. The van der Waals surface area contributed by atoms with Crippen LogP contribution in [-0.2, 0) is 4.79 Å². The summed E-state index contributed by atoms with van der Waals surface area (Å²) in [5.41, 5.74) is 0.898. The van der Waals surface area contributed by atoms with Gasteiger partial charge in [0.2, 0.25) is 5.91 Å². The van der Waals surface area contributed by atoms with Crippen LogP contribution < -0.4 is 10.1 Å². The molecule has 1 saturated carbocycles. The lowest BCUT2D eigenvalue weighted by Gasteiger charge is -2.30. The number of rotatable bonds is 4. The molecule has 1 aliphatic heterocycles. The molecule has 114 valence electrons. The van der Waals surface area contributed by atoms with Crippen molar-refractivity contribution in [2.45, 2.75) is 44.5 Å². The molecule has 1 saturated heterocycles. The maximum Gasteiger partial charge on any atom is 0.387 e. The Bertz CT molecular complexity index is 501. The minimum atomic E-state index is -2.82. The van der Waals surface area contributed by atoms with Crippen molar-refractivity contribution in [1.82, 2.24) is 10.2 Å². The number of hydrogen-bond donors (Lipinski definition) is 1. The third-order valence-corrected chi connectivity index (χ3v) is 4.15. The second kappa shape index (κ2) is 5.97. The van der Waals surface area contributed by atoms with Crippen LogP contribution in [0.4, 0.5) is 8.78 Å². The molecule has 0 radical (unpaired) electrons. The first kappa shape index (κ1) is 14.3. The molecule has 4 nitrogen and oxygen atoms in total. The summed E-state index contributed by atoms with van der Waals surface area (Å²) in [5.74, 6) is 0.241. The van der Waals surface area contributed by atoms with E-state index >= 15 is 0 Å². The molecular formula is C15H18F2N2O2. The van der Waals surface area contributed by atoms with Crippen LogP contribution in [0.1, 0.15) is 37.4 Å². The van der Waals surface area contributed by atoms with Gasteiger partial charge in [-0.25, -0.2) is 0 Å². The molecule has 1 amide bonds. The molecule has 1 unspecified atom stereocenters. The van der Waals surface area contributed by atoms with Crippen LogP contribution in [0, 0.1) is 0 Å². The number of hydrogen-bond acceptors (Lipinski definition) is 3. The Morgan fingerprint density at radius 3 is 2.48 bits per heavy atom. The number of carbonyl (C=O) groups is 1. The van der Waals surface area contributed by atoms with Crippen LogP contribution in [0.5, 0.6) is 5.75 Å². The quantitative estimate of drug-likeness (QED) is 0.929. The van der Waals surface area contributed by atoms with Gasteiger partial charge in [0.15, 0.2) is 0 Å². The van der Waals surface area contributed by atoms with Gasteiger partial charge < -0.3 is 9.64 Å². The number of carbonyl (C=O) groups excluding carboxylic acids is 1. The summed E-state index contributed by atoms with van der Waals surface area (Å²) in [7, 11) is 0. The predicted octanol–water partition coefficient (Wildman–Crippen LogP) is 2.66. The number of benzene rings is 1. The van der Waals surface area contributed by atoms with Crippen LogP contribution >= 0.6 is 0 Å². The molecule has 1 heterocycles. The van der Waals surface area contributed by atoms with E-state index in [0.29, 0.717) is 6.54 Å². The monoisotopic (exact) mass is 296 g/mol. The highest BCUT2D eigenvalue weighted by Crippen LogP contribution is 2.33. The normalized spacial score (nSPS) is 23.3. The van der Waals surface area contributed by atoms with Gasteiger partial charge in [-0.3, -0.25) is 10.1 Å². The zero-order valence-electron chi connectivity index (χ0n) is 11.6. The Morgan fingerprint density at radius 1 is 1.19 bits per heavy atom. The predicted molar refractivity (Wildman–Crippen MR) is 72.9 cm³/mol. The van der Waals surface area contributed by atoms with E-state index in [4.69, 9.17) is 0 Å². The number of halogens is 2. The lowest BCUT2D eigenvalue weighted by Crippen LogP contribution is -2.38. The molecule has 1 N–H and O–H groups in total. The van der Waals surface area contributed by atoms with Gasteiger partial charge in [0.05, 0.1) is 6.54 Å². The molecule has 6 heteroatoms. The van der Waals surface area contributed by atoms with Crippen LogP contribution in [0.2, 0.25) is 0 Å². The first-order valence-corrected chi connectivity index (χ1v) is 7.24. The van der Waals surface area contributed by atoms with E-state index in [9.17, 15) is 13.6 Å². The van der Waals surface area contributed by atoms with Crippen molar-refractivity contribution in [3.8, 4) is 5.75 Å². The van der Waals surface area contributed by atoms with E-state index < -0.39 is 6.61 Å². The van der Waals surface area contributed by atoms with E-state index in [1.54, 1.807) is 12.1 Å². The van der Waals surface area contributed by atoms with Crippen LogP contribution in [0.3, 0.4) is 0 Å². The van der Waals surface area contributed by atoms with Gasteiger partial charge in [-0.05, 0) is 30.5 Å². The highest BCUT2D eigenvalue weighted by molar-refractivity contribution is 5.81. The molecule has 1 aromatic carbocycles. The van der Waals surface area contributed by atoms with Gasteiger partial charge in [-0.2, -0.15) is 8.78 Å². The fourth-order valence-electron chi connectivity index (χ4n) is 3.22. The molecule has 0 spiro atoms. The van der Waals surface area contributed by atoms with Crippen LogP contribution in [0.25, 0.3) is 0 Å². The van der Waals surface area contributed by atoms with Crippen molar-refractivity contribution in [1.29, 1.82) is 0 Å². The van der Waals surface area contributed by atoms with Crippen molar-refractivity contribution in [2.75, 3.05) is 6.54 Å². The number of amides is 1.